The molecule has 82 valence electrons. The van der Waals surface area contributed by atoms with E-state index >= 15 is 0 Å². The van der Waals surface area contributed by atoms with E-state index < -0.39 is 5.95 Å². The number of hydrogen-bond donors (Lipinski definition) is 1. The SMILES string of the molecule is OCC[C@H]1CCN(c2cccc(F)n2)C1. The summed E-state index contributed by atoms with van der Waals surface area (Å²) in [4.78, 5) is 5.92. The van der Waals surface area contributed by atoms with Gasteiger partial charge in [0.25, 0.3) is 0 Å². The average Bonchev–Trinajstić information content (AvgIpc) is 2.67. The fourth-order valence-electron chi connectivity index (χ4n) is 2.03. The highest BCUT2D eigenvalue weighted by molar-refractivity contribution is 5.39. The molecule has 1 N–H and O–H groups in total. The minimum absolute atomic E-state index is 0.231. The summed E-state index contributed by atoms with van der Waals surface area (Å²) in [6.45, 7) is 2.01. The Hall–Kier alpha value is -1.16. The number of aliphatic hydroxyl groups excluding tert-OH is 1. The second-order valence-electron chi connectivity index (χ2n) is 3.93. The van der Waals surface area contributed by atoms with E-state index in [2.05, 4.69) is 9.88 Å². The number of halogens is 1. The lowest BCUT2D eigenvalue weighted by atomic mass is 10.1. The molecule has 3 nitrogen and oxygen atoms in total. The van der Waals surface area contributed by atoms with Crippen molar-refractivity contribution >= 4 is 5.82 Å². The molecule has 0 saturated carbocycles. The number of rotatable bonds is 3. The van der Waals surface area contributed by atoms with Gasteiger partial charge in [-0.05, 0) is 30.9 Å². The molecule has 1 aliphatic rings. The number of aliphatic hydroxyl groups is 1. The minimum Gasteiger partial charge on any atom is -0.396 e. The molecule has 0 unspecified atom stereocenters. The summed E-state index contributed by atoms with van der Waals surface area (Å²) in [7, 11) is 0. The van der Waals surface area contributed by atoms with Crippen LogP contribution >= 0.6 is 0 Å². The van der Waals surface area contributed by atoms with Gasteiger partial charge in [0.05, 0.1) is 0 Å². The summed E-state index contributed by atoms with van der Waals surface area (Å²) >= 11 is 0. The molecule has 2 heterocycles. The van der Waals surface area contributed by atoms with Crippen molar-refractivity contribution < 1.29 is 9.50 Å². The average molecular weight is 210 g/mol. The van der Waals surface area contributed by atoms with E-state index in [0.29, 0.717) is 11.7 Å². The largest absolute Gasteiger partial charge is 0.396 e. The Morgan fingerprint density at radius 3 is 3.13 bits per heavy atom. The Bertz CT molecular complexity index is 332. The highest BCUT2D eigenvalue weighted by Crippen LogP contribution is 2.23. The van der Waals surface area contributed by atoms with Crippen molar-refractivity contribution in [2.75, 3.05) is 24.6 Å². The maximum Gasteiger partial charge on any atom is 0.214 e. The van der Waals surface area contributed by atoms with E-state index in [9.17, 15) is 4.39 Å². The summed E-state index contributed by atoms with van der Waals surface area (Å²) in [6.07, 6.45) is 1.88. The van der Waals surface area contributed by atoms with Crippen molar-refractivity contribution in [3.63, 3.8) is 0 Å². The second kappa shape index (κ2) is 4.57. The summed E-state index contributed by atoms with van der Waals surface area (Å²) in [6, 6.07) is 4.85. The van der Waals surface area contributed by atoms with Crippen LogP contribution in [-0.4, -0.2) is 29.8 Å². The van der Waals surface area contributed by atoms with Gasteiger partial charge in [0.2, 0.25) is 5.95 Å². The summed E-state index contributed by atoms with van der Waals surface area (Å²) in [5.74, 6) is 0.786. The first-order valence-corrected chi connectivity index (χ1v) is 5.28. The Kier molecular flexibility index (Phi) is 3.16. The molecule has 0 bridgehead atoms. The smallest absolute Gasteiger partial charge is 0.214 e. The summed E-state index contributed by atoms with van der Waals surface area (Å²) in [5.41, 5.74) is 0. The van der Waals surface area contributed by atoms with Crippen LogP contribution < -0.4 is 4.90 Å². The third-order valence-electron chi connectivity index (χ3n) is 2.85. The second-order valence-corrected chi connectivity index (χ2v) is 3.93. The Morgan fingerprint density at radius 1 is 1.53 bits per heavy atom. The van der Waals surface area contributed by atoms with Crippen molar-refractivity contribution in [2.45, 2.75) is 12.8 Å². The van der Waals surface area contributed by atoms with Gasteiger partial charge in [0, 0.05) is 19.7 Å². The topological polar surface area (TPSA) is 36.4 Å². The number of anilines is 1. The van der Waals surface area contributed by atoms with Crippen LogP contribution in [0.4, 0.5) is 10.2 Å². The first kappa shape index (κ1) is 10.4. The van der Waals surface area contributed by atoms with Crippen LogP contribution in [0.1, 0.15) is 12.8 Å². The number of pyridine rings is 1. The zero-order valence-corrected chi connectivity index (χ0v) is 8.56. The molecule has 0 radical (unpaired) electrons. The zero-order valence-electron chi connectivity index (χ0n) is 8.56. The van der Waals surface area contributed by atoms with Gasteiger partial charge in [0.1, 0.15) is 5.82 Å². The van der Waals surface area contributed by atoms with Crippen LogP contribution in [0, 0.1) is 11.9 Å². The van der Waals surface area contributed by atoms with E-state index in [1.54, 1.807) is 6.07 Å². The van der Waals surface area contributed by atoms with Crippen molar-refractivity contribution in [2.24, 2.45) is 5.92 Å². The third-order valence-corrected chi connectivity index (χ3v) is 2.85. The maximum atomic E-state index is 12.9. The summed E-state index contributed by atoms with van der Waals surface area (Å²) < 4.78 is 12.9. The molecule has 4 heteroatoms. The van der Waals surface area contributed by atoms with E-state index in [0.717, 1.165) is 25.9 Å². The molecule has 1 aromatic heterocycles. The Labute approximate surface area is 88.6 Å². The molecule has 1 aliphatic heterocycles. The van der Waals surface area contributed by atoms with Crippen LogP contribution in [0.2, 0.25) is 0 Å². The molecule has 0 aliphatic carbocycles. The molecule has 1 saturated heterocycles. The van der Waals surface area contributed by atoms with Gasteiger partial charge in [-0.2, -0.15) is 4.39 Å². The van der Waals surface area contributed by atoms with E-state index in [4.69, 9.17) is 5.11 Å². The van der Waals surface area contributed by atoms with Crippen LogP contribution in [0.25, 0.3) is 0 Å². The first-order chi connectivity index (χ1) is 7.29. The molecular weight excluding hydrogens is 195 g/mol. The molecule has 2 rings (SSSR count). The molecule has 1 atom stereocenters. The molecule has 0 spiro atoms. The van der Waals surface area contributed by atoms with Gasteiger partial charge in [-0.15, -0.1) is 0 Å². The van der Waals surface area contributed by atoms with Gasteiger partial charge < -0.3 is 10.0 Å². The monoisotopic (exact) mass is 210 g/mol. The number of hydrogen-bond acceptors (Lipinski definition) is 3. The number of nitrogens with zero attached hydrogens (tertiary/aromatic N) is 2. The van der Waals surface area contributed by atoms with Crippen molar-refractivity contribution in [3.05, 3.63) is 24.1 Å². The fourth-order valence-corrected chi connectivity index (χ4v) is 2.03. The quantitative estimate of drug-likeness (QED) is 0.767. The summed E-state index contributed by atoms with van der Waals surface area (Å²) in [5, 5.41) is 8.83. The molecular formula is C11H15FN2O. The lowest BCUT2D eigenvalue weighted by Gasteiger charge is -2.16. The van der Waals surface area contributed by atoms with Crippen molar-refractivity contribution in [1.29, 1.82) is 0 Å². The van der Waals surface area contributed by atoms with Crippen LogP contribution in [0.5, 0.6) is 0 Å². The molecule has 0 aromatic carbocycles. The van der Waals surface area contributed by atoms with E-state index in [-0.39, 0.29) is 6.61 Å². The predicted molar refractivity (Wildman–Crippen MR) is 56.2 cm³/mol. The molecule has 15 heavy (non-hydrogen) atoms. The van der Waals surface area contributed by atoms with Crippen LogP contribution in [0.3, 0.4) is 0 Å². The Morgan fingerprint density at radius 2 is 2.40 bits per heavy atom. The van der Waals surface area contributed by atoms with E-state index in [1.165, 1.54) is 6.07 Å². The Balaban J connectivity index is 2.01. The lowest BCUT2D eigenvalue weighted by molar-refractivity contribution is 0.263. The van der Waals surface area contributed by atoms with Crippen molar-refractivity contribution in [1.82, 2.24) is 4.98 Å². The van der Waals surface area contributed by atoms with Crippen molar-refractivity contribution in [3.8, 4) is 0 Å². The fraction of sp³-hybridized carbons (Fsp3) is 0.545. The lowest BCUT2D eigenvalue weighted by Crippen LogP contribution is -2.21. The van der Waals surface area contributed by atoms with E-state index in [1.807, 2.05) is 6.07 Å². The van der Waals surface area contributed by atoms with Gasteiger partial charge in [-0.25, -0.2) is 4.98 Å². The van der Waals surface area contributed by atoms with Crippen LogP contribution in [0.15, 0.2) is 18.2 Å². The predicted octanol–water partition coefficient (Wildman–Crippen LogP) is 1.43. The highest BCUT2D eigenvalue weighted by atomic mass is 19.1. The van der Waals surface area contributed by atoms with Crippen LogP contribution in [-0.2, 0) is 0 Å². The standard InChI is InChI=1S/C11H15FN2O/c12-10-2-1-3-11(13-10)14-6-4-9(8-14)5-7-15/h1-3,9,15H,4-8H2/t9-/m1/s1. The minimum atomic E-state index is -0.432. The highest BCUT2D eigenvalue weighted by Gasteiger charge is 2.22. The third kappa shape index (κ3) is 2.45. The van der Waals surface area contributed by atoms with Gasteiger partial charge in [-0.1, -0.05) is 6.07 Å². The van der Waals surface area contributed by atoms with Gasteiger partial charge in [0.15, 0.2) is 0 Å². The molecule has 1 aromatic rings. The van der Waals surface area contributed by atoms with Gasteiger partial charge in [-0.3, -0.25) is 0 Å². The maximum absolute atomic E-state index is 12.9. The normalized spacial score (nSPS) is 20.9. The molecule has 0 amide bonds. The van der Waals surface area contributed by atoms with Gasteiger partial charge >= 0.3 is 0 Å². The molecule has 1 fully saturated rings. The zero-order chi connectivity index (χ0) is 10.7. The first-order valence-electron chi connectivity index (χ1n) is 5.28. The number of aromatic nitrogens is 1.